The second kappa shape index (κ2) is 38.9. The number of quaternary nitrogens is 1. The molecule has 0 N–H and O–H groups in total. The number of nitrogens with zero attached hydrogens (tertiary/aromatic N) is 1. The van der Waals surface area contributed by atoms with Crippen LogP contribution in [0.2, 0.25) is 0 Å². The van der Waals surface area contributed by atoms with Crippen LogP contribution in [0.1, 0.15) is 206 Å². The molecule has 0 fully saturated rings. The van der Waals surface area contributed by atoms with Crippen molar-refractivity contribution in [2.45, 2.75) is 213 Å². The van der Waals surface area contributed by atoms with E-state index in [0.717, 1.165) is 49.6 Å². The Morgan fingerprint density at radius 3 is 1.26 bits per heavy atom. The number of ether oxygens (including phenoxy) is 2. The lowest BCUT2D eigenvalue weighted by atomic mass is 10.1. The summed E-state index contributed by atoms with van der Waals surface area (Å²) in [5.41, 5.74) is 0. The molecule has 50 heavy (non-hydrogen) atoms. The van der Waals surface area contributed by atoms with Crippen LogP contribution in [0, 0.1) is 0 Å². The smallest absolute Gasteiger partial charge is 0.306 e. The third-order valence-electron chi connectivity index (χ3n) is 9.37. The van der Waals surface area contributed by atoms with E-state index in [1.807, 2.05) is 0 Å². The number of hydrogen-bond acceptors (Lipinski definition) is 4. The van der Waals surface area contributed by atoms with E-state index < -0.39 is 0 Å². The van der Waals surface area contributed by atoms with Crippen molar-refractivity contribution in [3.05, 3.63) is 24.3 Å². The fraction of sp³-hybridized carbons (Fsp3) is 0.864. The quantitative estimate of drug-likeness (QED) is 0.0277. The fourth-order valence-electron chi connectivity index (χ4n) is 6.15. The molecule has 0 aliphatic heterocycles. The molecule has 0 amide bonds. The van der Waals surface area contributed by atoms with Gasteiger partial charge in [-0.05, 0) is 70.6 Å². The first-order chi connectivity index (χ1) is 23.8. The second-order valence-corrected chi connectivity index (χ2v) is 15.6. The van der Waals surface area contributed by atoms with E-state index in [9.17, 15) is 9.59 Å². The maximum atomic E-state index is 12.6. The lowest BCUT2D eigenvalue weighted by molar-refractivity contribution is -0.870. The molecule has 0 aliphatic carbocycles. The Morgan fingerprint density at radius 1 is 0.500 bits per heavy atom. The Balaban J connectivity index is 0. The van der Waals surface area contributed by atoms with Crippen molar-refractivity contribution in [1.29, 1.82) is 0 Å². The lowest BCUT2D eigenvalue weighted by Crippen LogP contribution is -3.00. The monoisotopic (exact) mass is 726 g/mol. The van der Waals surface area contributed by atoms with Gasteiger partial charge in [-0.25, -0.2) is 0 Å². The van der Waals surface area contributed by atoms with Crippen molar-refractivity contribution in [1.82, 2.24) is 0 Å². The minimum atomic E-state index is -0.347. The molecule has 0 spiro atoms. The molecule has 0 saturated heterocycles. The number of carbonyl (C=O) groups is 2. The zero-order valence-electron chi connectivity index (χ0n) is 34.0. The fourth-order valence-corrected chi connectivity index (χ4v) is 6.15. The predicted octanol–water partition coefficient (Wildman–Crippen LogP) is 10.0. The van der Waals surface area contributed by atoms with Gasteiger partial charge < -0.3 is 26.4 Å². The third kappa shape index (κ3) is 41.1. The zero-order chi connectivity index (χ0) is 36.1. The predicted molar refractivity (Wildman–Crippen MR) is 212 cm³/mol. The molecule has 0 aromatic carbocycles. The van der Waals surface area contributed by atoms with Gasteiger partial charge >= 0.3 is 11.9 Å². The minimum Gasteiger partial charge on any atom is -1.00 e. The number of halogens is 1. The summed E-state index contributed by atoms with van der Waals surface area (Å²) in [6.07, 6.45) is 43.9. The molecule has 0 aromatic rings. The van der Waals surface area contributed by atoms with Crippen LogP contribution in [0.5, 0.6) is 0 Å². The van der Waals surface area contributed by atoms with Crippen LogP contribution in [0.25, 0.3) is 0 Å². The Hall–Kier alpha value is -1.33. The molecular formula is C44H84ClNO4. The van der Waals surface area contributed by atoms with Gasteiger partial charge in [0.05, 0.1) is 27.7 Å². The number of unbranched alkanes of at least 4 members (excludes halogenated alkanes) is 22. The third-order valence-corrected chi connectivity index (χ3v) is 9.37. The first kappa shape index (κ1) is 50.8. The zero-order valence-corrected chi connectivity index (χ0v) is 34.7. The van der Waals surface area contributed by atoms with E-state index in [4.69, 9.17) is 9.47 Å². The maximum Gasteiger partial charge on any atom is 0.306 e. The number of carbonyl (C=O) groups excluding carboxylic acids is 2. The summed E-state index contributed by atoms with van der Waals surface area (Å²) in [5, 5.41) is 0. The van der Waals surface area contributed by atoms with Crippen molar-refractivity contribution in [3.8, 4) is 0 Å². The molecule has 0 radical (unpaired) electrons. The van der Waals surface area contributed by atoms with Gasteiger partial charge in [-0.2, -0.15) is 0 Å². The molecule has 6 heteroatoms. The van der Waals surface area contributed by atoms with Crippen LogP contribution < -0.4 is 12.4 Å². The number of esters is 2. The normalized spacial score (nSPS) is 12.4. The molecule has 0 bridgehead atoms. The molecule has 5 nitrogen and oxygen atoms in total. The maximum absolute atomic E-state index is 12.6. The summed E-state index contributed by atoms with van der Waals surface area (Å²) in [6.45, 7) is 5.71. The van der Waals surface area contributed by atoms with E-state index >= 15 is 0 Å². The molecule has 0 aromatic heterocycles. The van der Waals surface area contributed by atoms with E-state index in [-0.39, 0.29) is 37.1 Å². The van der Waals surface area contributed by atoms with E-state index in [0.29, 0.717) is 12.8 Å². The number of hydrogen-bond donors (Lipinski definition) is 0. The van der Waals surface area contributed by atoms with E-state index in [1.54, 1.807) is 0 Å². The highest BCUT2D eigenvalue weighted by Gasteiger charge is 2.18. The summed E-state index contributed by atoms with van der Waals surface area (Å²) in [6, 6.07) is 0. The molecule has 1 unspecified atom stereocenters. The van der Waals surface area contributed by atoms with Crippen LogP contribution in [-0.4, -0.2) is 56.8 Å². The number of allylic oxidation sites excluding steroid dienone is 4. The molecule has 0 rings (SSSR count). The first-order valence-corrected chi connectivity index (χ1v) is 21.2. The standard InChI is InChI=1S/C44H84NO4.ClH/c1-6-8-10-12-14-16-18-20-22-24-26-28-30-32-34-38-43(46)48-41-42(37-36-40-45(3,4)5)49-44(47)39-35-33-31-29-27-25-23-21-19-17-15-13-11-9-7-2;/h20-23,42H,6-19,24-41H2,1-5H3;1H/q+1;/p-1/b22-20-,23-21-;. The molecule has 1 atom stereocenters. The van der Waals surface area contributed by atoms with E-state index in [1.165, 1.54) is 141 Å². The van der Waals surface area contributed by atoms with Gasteiger partial charge in [0.2, 0.25) is 0 Å². The average molecular weight is 727 g/mol. The van der Waals surface area contributed by atoms with Crippen molar-refractivity contribution < 1.29 is 36.0 Å². The lowest BCUT2D eigenvalue weighted by Gasteiger charge is -2.25. The summed E-state index contributed by atoms with van der Waals surface area (Å²) in [4.78, 5) is 25.1. The van der Waals surface area contributed by atoms with Crippen LogP contribution >= 0.6 is 0 Å². The highest BCUT2D eigenvalue weighted by atomic mass is 35.5. The first-order valence-electron chi connectivity index (χ1n) is 21.2. The Labute approximate surface area is 318 Å². The average Bonchev–Trinajstić information content (AvgIpc) is 3.06. The van der Waals surface area contributed by atoms with Crippen LogP contribution in [-0.2, 0) is 19.1 Å². The van der Waals surface area contributed by atoms with Gasteiger partial charge in [-0.15, -0.1) is 0 Å². The van der Waals surface area contributed by atoms with Gasteiger partial charge in [0.15, 0.2) is 0 Å². The molecular weight excluding hydrogens is 642 g/mol. The molecule has 0 heterocycles. The van der Waals surface area contributed by atoms with Gasteiger partial charge in [-0.1, -0.05) is 141 Å². The SMILES string of the molecule is CCCCCCCC/C=C\CCCCCCCC(=O)OCC(CCC[N+](C)(C)C)OC(=O)CCCCCCC/C=C\CCCCCCCC.[Cl-]. The van der Waals surface area contributed by atoms with Crippen LogP contribution in [0.3, 0.4) is 0 Å². The molecule has 0 aliphatic rings. The molecule has 296 valence electrons. The summed E-state index contributed by atoms with van der Waals surface area (Å²) < 4.78 is 12.3. The van der Waals surface area contributed by atoms with Gasteiger partial charge in [0.1, 0.15) is 12.7 Å². The summed E-state index contributed by atoms with van der Waals surface area (Å²) >= 11 is 0. The van der Waals surface area contributed by atoms with Crippen LogP contribution in [0.15, 0.2) is 24.3 Å². The highest BCUT2D eigenvalue weighted by Crippen LogP contribution is 2.14. The van der Waals surface area contributed by atoms with Gasteiger partial charge in [0, 0.05) is 19.3 Å². The Bertz CT molecular complexity index is 791. The van der Waals surface area contributed by atoms with Gasteiger partial charge in [0.25, 0.3) is 0 Å². The Morgan fingerprint density at radius 2 is 0.860 bits per heavy atom. The van der Waals surface area contributed by atoms with Gasteiger partial charge in [-0.3, -0.25) is 9.59 Å². The summed E-state index contributed by atoms with van der Waals surface area (Å²) in [7, 11) is 6.51. The van der Waals surface area contributed by atoms with E-state index in [2.05, 4.69) is 59.3 Å². The largest absolute Gasteiger partial charge is 1.00 e. The Kier molecular flexibility index (Phi) is 39.5. The van der Waals surface area contributed by atoms with Crippen molar-refractivity contribution in [2.75, 3.05) is 34.3 Å². The minimum absolute atomic E-state index is 0. The number of rotatable bonds is 37. The highest BCUT2D eigenvalue weighted by molar-refractivity contribution is 5.70. The summed E-state index contributed by atoms with van der Waals surface area (Å²) in [5.74, 6) is -0.316. The topological polar surface area (TPSA) is 52.6 Å². The van der Waals surface area contributed by atoms with Crippen molar-refractivity contribution >= 4 is 11.9 Å². The van der Waals surface area contributed by atoms with Crippen molar-refractivity contribution in [2.24, 2.45) is 0 Å². The molecule has 0 saturated carbocycles. The second-order valence-electron chi connectivity index (χ2n) is 15.6. The van der Waals surface area contributed by atoms with Crippen molar-refractivity contribution in [3.63, 3.8) is 0 Å². The van der Waals surface area contributed by atoms with Crippen LogP contribution in [0.4, 0.5) is 0 Å².